The van der Waals surface area contributed by atoms with Gasteiger partial charge < -0.3 is 10.3 Å². The van der Waals surface area contributed by atoms with Gasteiger partial charge in [-0.1, -0.05) is 12.1 Å². The Morgan fingerprint density at radius 3 is 3.11 bits per heavy atom. The van der Waals surface area contributed by atoms with Crippen LogP contribution >= 0.6 is 0 Å². The van der Waals surface area contributed by atoms with Crippen LogP contribution in [0, 0.1) is 0 Å². The highest BCUT2D eigenvalue weighted by Crippen LogP contribution is 2.39. The summed E-state index contributed by atoms with van der Waals surface area (Å²) in [6.45, 7) is 3.01. The fraction of sp³-hybridized carbons (Fsp3) is 0.583. The topological polar surface area (TPSA) is 82.8 Å². The molecule has 0 bridgehead atoms. The van der Waals surface area contributed by atoms with Gasteiger partial charge in [0.1, 0.15) is 0 Å². The second-order valence-electron chi connectivity index (χ2n) is 4.78. The van der Waals surface area contributed by atoms with E-state index in [0.29, 0.717) is 11.7 Å². The van der Waals surface area contributed by atoms with Crippen LogP contribution in [-0.4, -0.2) is 19.9 Å². The molecule has 1 saturated carbocycles. The SMILES string of the molecule is CCCn1cc(C(N)c2noc(C3CC3)n2)cn1. The molecule has 2 N–H and O–H groups in total. The summed E-state index contributed by atoms with van der Waals surface area (Å²) in [5.41, 5.74) is 7.04. The van der Waals surface area contributed by atoms with Gasteiger partial charge in [0.15, 0.2) is 5.82 Å². The molecule has 0 aliphatic heterocycles. The number of rotatable bonds is 5. The van der Waals surface area contributed by atoms with Crippen LogP contribution in [0.5, 0.6) is 0 Å². The Labute approximate surface area is 105 Å². The lowest BCUT2D eigenvalue weighted by Gasteiger charge is -2.02. The lowest BCUT2D eigenvalue weighted by Crippen LogP contribution is -2.13. The van der Waals surface area contributed by atoms with Gasteiger partial charge in [-0.15, -0.1) is 0 Å². The molecule has 2 aromatic heterocycles. The highest BCUT2D eigenvalue weighted by atomic mass is 16.5. The van der Waals surface area contributed by atoms with Crippen molar-refractivity contribution in [2.45, 2.75) is 44.7 Å². The lowest BCUT2D eigenvalue weighted by molar-refractivity contribution is 0.372. The molecule has 2 heterocycles. The molecule has 0 radical (unpaired) electrons. The summed E-state index contributed by atoms with van der Waals surface area (Å²) in [5, 5.41) is 8.22. The highest BCUT2D eigenvalue weighted by Gasteiger charge is 2.30. The zero-order chi connectivity index (χ0) is 12.5. The Bertz CT molecular complexity index is 528. The van der Waals surface area contributed by atoms with Crippen LogP contribution in [-0.2, 0) is 6.54 Å². The molecule has 1 fully saturated rings. The quantitative estimate of drug-likeness (QED) is 0.867. The maximum Gasteiger partial charge on any atom is 0.229 e. The van der Waals surface area contributed by atoms with E-state index >= 15 is 0 Å². The molecular weight excluding hydrogens is 230 g/mol. The summed E-state index contributed by atoms with van der Waals surface area (Å²) in [4.78, 5) is 4.36. The Morgan fingerprint density at radius 1 is 1.56 bits per heavy atom. The summed E-state index contributed by atoms with van der Waals surface area (Å²) in [6, 6.07) is -0.355. The molecule has 1 atom stereocenters. The van der Waals surface area contributed by atoms with Gasteiger partial charge in [-0.3, -0.25) is 4.68 Å². The average molecular weight is 247 g/mol. The van der Waals surface area contributed by atoms with E-state index in [4.69, 9.17) is 10.3 Å². The molecule has 0 spiro atoms. The van der Waals surface area contributed by atoms with Crippen molar-refractivity contribution < 1.29 is 4.52 Å². The van der Waals surface area contributed by atoms with Gasteiger partial charge in [-0.2, -0.15) is 10.1 Å². The van der Waals surface area contributed by atoms with E-state index < -0.39 is 0 Å². The summed E-state index contributed by atoms with van der Waals surface area (Å²) < 4.78 is 7.10. The normalized spacial score (nSPS) is 17.0. The summed E-state index contributed by atoms with van der Waals surface area (Å²) >= 11 is 0. The van der Waals surface area contributed by atoms with Crippen molar-refractivity contribution in [1.82, 2.24) is 19.9 Å². The van der Waals surface area contributed by atoms with Crippen LogP contribution in [0.1, 0.15) is 55.4 Å². The summed E-state index contributed by atoms with van der Waals surface area (Å²) in [5.74, 6) is 1.73. The van der Waals surface area contributed by atoms with Gasteiger partial charge in [0.25, 0.3) is 0 Å². The zero-order valence-corrected chi connectivity index (χ0v) is 10.4. The molecule has 18 heavy (non-hydrogen) atoms. The third kappa shape index (κ3) is 2.15. The molecule has 96 valence electrons. The van der Waals surface area contributed by atoms with Gasteiger partial charge in [0, 0.05) is 24.2 Å². The highest BCUT2D eigenvalue weighted by molar-refractivity contribution is 5.18. The van der Waals surface area contributed by atoms with E-state index in [9.17, 15) is 0 Å². The molecule has 1 aliphatic rings. The maximum atomic E-state index is 6.12. The minimum atomic E-state index is -0.355. The number of aromatic nitrogens is 4. The number of nitrogens with zero attached hydrogens (tertiary/aromatic N) is 4. The molecule has 3 rings (SSSR count). The Balaban J connectivity index is 1.76. The predicted octanol–water partition coefficient (Wildman–Crippen LogP) is 1.60. The van der Waals surface area contributed by atoms with E-state index in [2.05, 4.69) is 22.2 Å². The summed E-state index contributed by atoms with van der Waals surface area (Å²) in [7, 11) is 0. The van der Waals surface area contributed by atoms with Crippen molar-refractivity contribution >= 4 is 0 Å². The van der Waals surface area contributed by atoms with Crippen molar-refractivity contribution in [3.8, 4) is 0 Å². The van der Waals surface area contributed by atoms with E-state index in [-0.39, 0.29) is 6.04 Å². The predicted molar refractivity (Wildman–Crippen MR) is 64.8 cm³/mol. The van der Waals surface area contributed by atoms with Gasteiger partial charge in [-0.25, -0.2) is 0 Å². The fourth-order valence-electron chi connectivity index (χ4n) is 1.91. The first-order valence-electron chi connectivity index (χ1n) is 6.39. The number of nitrogens with two attached hydrogens (primary N) is 1. The van der Waals surface area contributed by atoms with E-state index in [1.165, 1.54) is 0 Å². The van der Waals surface area contributed by atoms with Gasteiger partial charge in [-0.05, 0) is 19.3 Å². The fourth-order valence-corrected chi connectivity index (χ4v) is 1.91. The third-order valence-electron chi connectivity index (χ3n) is 3.13. The first-order valence-corrected chi connectivity index (χ1v) is 6.39. The van der Waals surface area contributed by atoms with Crippen LogP contribution in [0.2, 0.25) is 0 Å². The Hall–Kier alpha value is -1.69. The minimum Gasteiger partial charge on any atom is -0.339 e. The van der Waals surface area contributed by atoms with Crippen molar-refractivity contribution in [3.63, 3.8) is 0 Å². The van der Waals surface area contributed by atoms with Gasteiger partial charge in [0.05, 0.1) is 12.2 Å². The molecule has 6 nitrogen and oxygen atoms in total. The molecule has 0 saturated heterocycles. The molecule has 2 aromatic rings. The number of hydrogen-bond donors (Lipinski definition) is 1. The summed E-state index contributed by atoms with van der Waals surface area (Å²) in [6.07, 6.45) is 7.05. The first-order chi connectivity index (χ1) is 8.78. The van der Waals surface area contributed by atoms with Crippen molar-refractivity contribution in [3.05, 3.63) is 29.7 Å². The minimum absolute atomic E-state index is 0.355. The van der Waals surface area contributed by atoms with Crippen LogP contribution in [0.3, 0.4) is 0 Å². The molecule has 6 heteroatoms. The Kier molecular flexibility index (Phi) is 2.87. The number of aryl methyl sites for hydroxylation is 1. The smallest absolute Gasteiger partial charge is 0.229 e. The Morgan fingerprint density at radius 2 is 2.39 bits per heavy atom. The van der Waals surface area contributed by atoms with Crippen LogP contribution < -0.4 is 5.73 Å². The van der Waals surface area contributed by atoms with Crippen LogP contribution in [0.15, 0.2) is 16.9 Å². The zero-order valence-electron chi connectivity index (χ0n) is 10.4. The lowest BCUT2D eigenvalue weighted by atomic mass is 10.1. The van der Waals surface area contributed by atoms with Gasteiger partial charge in [0.2, 0.25) is 5.89 Å². The van der Waals surface area contributed by atoms with E-state index in [1.54, 1.807) is 6.20 Å². The third-order valence-corrected chi connectivity index (χ3v) is 3.13. The van der Waals surface area contributed by atoms with Crippen molar-refractivity contribution in [1.29, 1.82) is 0 Å². The molecule has 1 aliphatic carbocycles. The van der Waals surface area contributed by atoms with Crippen molar-refractivity contribution in [2.75, 3.05) is 0 Å². The molecule has 1 unspecified atom stereocenters. The van der Waals surface area contributed by atoms with Crippen LogP contribution in [0.25, 0.3) is 0 Å². The standard InChI is InChI=1S/C12H17N5O/c1-2-5-17-7-9(6-14-17)10(13)11-15-12(18-16-11)8-3-4-8/h6-8,10H,2-5,13H2,1H3. The van der Waals surface area contributed by atoms with E-state index in [1.807, 2.05) is 10.9 Å². The maximum absolute atomic E-state index is 6.12. The monoisotopic (exact) mass is 247 g/mol. The second kappa shape index (κ2) is 4.53. The van der Waals surface area contributed by atoms with E-state index in [0.717, 1.165) is 37.3 Å². The van der Waals surface area contributed by atoms with Crippen LogP contribution in [0.4, 0.5) is 0 Å². The average Bonchev–Trinajstić information content (AvgIpc) is 2.93. The second-order valence-corrected chi connectivity index (χ2v) is 4.78. The molecule has 0 amide bonds. The van der Waals surface area contributed by atoms with Gasteiger partial charge >= 0.3 is 0 Å². The van der Waals surface area contributed by atoms with Crippen molar-refractivity contribution in [2.24, 2.45) is 5.73 Å². The molecular formula is C12H17N5O. The largest absolute Gasteiger partial charge is 0.339 e. The first kappa shape index (κ1) is 11.4. The number of hydrogen-bond acceptors (Lipinski definition) is 5. The molecule has 0 aromatic carbocycles.